The summed E-state index contributed by atoms with van der Waals surface area (Å²) >= 11 is 0. The van der Waals surface area contributed by atoms with E-state index < -0.39 is 0 Å². The van der Waals surface area contributed by atoms with E-state index in [-0.39, 0.29) is 0 Å². The van der Waals surface area contributed by atoms with Crippen molar-refractivity contribution in [2.45, 2.75) is 46.1 Å². The smallest absolute Gasteiger partial charge is 0.0628 e. The van der Waals surface area contributed by atoms with Gasteiger partial charge in [-0.15, -0.1) is 0 Å². The highest BCUT2D eigenvalue weighted by Crippen LogP contribution is 2.16. The second-order valence-corrected chi connectivity index (χ2v) is 3.92. The fourth-order valence-electron chi connectivity index (χ4n) is 1.61. The van der Waals surface area contributed by atoms with Gasteiger partial charge in [0, 0.05) is 12.2 Å². The zero-order valence-electron chi connectivity index (χ0n) is 9.45. The maximum atomic E-state index is 5.48. The molecule has 14 heavy (non-hydrogen) atoms. The van der Waals surface area contributed by atoms with Crippen molar-refractivity contribution in [2.24, 2.45) is 5.73 Å². The number of nitrogens with zero attached hydrogens (tertiary/aromatic N) is 2. The van der Waals surface area contributed by atoms with E-state index in [1.165, 1.54) is 11.4 Å². The summed E-state index contributed by atoms with van der Waals surface area (Å²) in [5, 5.41) is 4.55. The summed E-state index contributed by atoms with van der Waals surface area (Å²) in [6, 6.07) is 2.21. The van der Waals surface area contributed by atoms with Crippen LogP contribution in [0.5, 0.6) is 0 Å². The molecule has 1 aromatic heterocycles. The van der Waals surface area contributed by atoms with Crippen LogP contribution in [0.3, 0.4) is 0 Å². The van der Waals surface area contributed by atoms with Gasteiger partial charge in [-0.05, 0) is 38.3 Å². The van der Waals surface area contributed by atoms with Crippen LogP contribution in [0.15, 0.2) is 6.07 Å². The zero-order chi connectivity index (χ0) is 10.6. The number of nitrogens with two attached hydrogens (primary N) is 1. The third kappa shape index (κ3) is 2.58. The van der Waals surface area contributed by atoms with E-state index in [2.05, 4.69) is 36.6 Å². The molecular weight excluding hydrogens is 174 g/mol. The molecule has 0 aliphatic heterocycles. The van der Waals surface area contributed by atoms with Crippen molar-refractivity contribution in [1.82, 2.24) is 9.78 Å². The lowest BCUT2D eigenvalue weighted by atomic mass is 10.1. The molecule has 0 aliphatic rings. The number of rotatable bonds is 5. The van der Waals surface area contributed by atoms with Crippen LogP contribution in [0.25, 0.3) is 0 Å². The van der Waals surface area contributed by atoms with Crippen molar-refractivity contribution in [3.8, 4) is 0 Å². The van der Waals surface area contributed by atoms with Crippen LogP contribution >= 0.6 is 0 Å². The first kappa shape index (κ1) is 11.2. The molecule has 3 heteroatoms. The van der Waals surface area contributed by atoms with E-state index in [0.29, 0.717) is 5.92 Å². The highest BCUT2D eigenvalue weighted by atomic mass is 15.3. The van der Waals surface area contributed by atoms with E-state index in [0.717, 1.165) is 25.9 Å². The summed E-state index contributed by atoms with van der Waals surface area (Å²) in [4.78, 5) is 0. The minimum atomic E-state index is 0.550. The zero-order valence-corrected chi connectivity index (χ0v) is 9.45. The SMILES string of the molecule is CCn1nc(CCCN)cc1C(C)C. The van der Waals surface area contributed by atoms with Crippen LogP contribution in [0.4, 0.5) is 0 Å². The fraction of sp³-hybridized carbons (Fsp3) is 0.727. The third-order valence-corrected chi connectivity index (χ3v) is 2.39. The van der Waals surface area contributed by atoms with Gasteiger partial charge in [0.15, 0.2) is 0 Å². The lowest BCUT2D eigenvalue weighted by Gasteiger charge is -2.06. The molecule has 1 rings (SSSR count). The van der Waals surface area contributed by atoms with Crippen molar-refractivity contribution in [3.05, 3.63) is 17.5 Å². The normalized spacial score (nSPS) is 11.2. The van der Waals surface area contributed by atoms with E-state index in [9.17, 15) is 0 Å². The topological polar surface area (TPSA) is 43.8 Å². The van der Waals surface area contributed by atoms with Gasteiger partial charge in [0.2, 0.25) is 0 Å². The largest absolute Gasteiger partial charge is 0.330 e. The van der Waals surface area contributed by atoms with Crippen LogP contribution in [0, 0.1) is 0 Å². The van der Waals surface area contributed by atoms with Crippen LogP contribution in [-0.2, 0) is 13.0 Å². The molecule has 80 valence electrons. The van der Waals surface area contributed by atoms with Crippen LogP contribution in [0.2, 0.25) is 0 Å². The van der Waals surface area contributed by atoms with Crippen molar-refractivity contribution in [1.29, 1.82) is 0 Å². The van der Waals surface area contributed by atoms with Crippen LogP contribution in [-0.4, -0.2) is 16.3 Å². The van der Waals surface area contributed by atoms with Gasteiger partial charge in [-0.1, -0.05) is 13.8 Å². The maximum absolute atomic E-state index is 5.48. The summed E-state index contributed by atoms with van der Waals surface area (Å²) in [6.45, 7) is 8.24. The molecule has 0 atom stereocenters. The molecule has 0 aliphatic carbocycles. The summed E-state index contributed by atoms with van der Waals surface area (Å²) in [5.41, 5.74) is 7.99. The van der Waals surface area contributed by atoms with Gasteiger partial charge in [-0.2, -0.15) is 5.10 Å². The Bertz CT molecular complexity index is 276. The first-order chi connectivity index (χ1) is 6.69. The predicted octanol–water partition coefficient (Wildman–Crippen LogP) is 1.92. The van der Waals surface area contributed by atoms with E-state index >= 15 is 0 Å². The van der Waals surface area contributed by atoms with Gasteiger partial charge in [0.25, 0.3) is 0 Å². The molecule has 0 saturated carbocycles. The minimum absolute atomic E-state index is 0.550. The Kier molecular flexibility index (Phi) is 4.14. The van der Waals surface area contributed by atoms with E-state index in [1.807, 2.05) is 0 Å². The van der Waals surface area contributed by atoms with Crippen LogP contribution in [0.1, 0.15) is 44.5 Å². The predicted molar refractivity (Wildman–Crippen MR) is 59.4 cm³/mol. The summed E-state index contributed by atoms with van der Waals surface area (Å²) < 4.78 is 2.09. The number of hydrogen-bond acceptors (Lipinski definition) is 2. The molecule has 1 aromatic rings. The van der Waals surface area contributed by atoms with Gasteiger partial charge in [-0.25, -0.2) is 0 Å². The molecule has 0 unspecified atom stereocenters. The van der Waals surface area contributed by atoms with Crippen molar-refractivity contribution in [2.75, 3.05) is 6.54 Å². The summed E-state index contributed by atoms with van der Waals surface area (Å²) in [7, 11) is 0. The quantitative estimate of drug-likeness (QED) is 0.780. The molecule has 0 bridgehead atoms. The highest BCUT2D eigenvalue weighted by molar-refractivity contribution is 5.13. The molecule has 0 fully saturated rings. The molecular formula is C11H21N3. The fourth-order valence-corrected chi connectivity index (χ4v) is 1.61. The number of aryl methyl sites for hydroxylation is 2. The lowest BCUT2D eigenvalue weighted by Crippen LogP contribution is -2.04. The lowest BCUT2D eigenvalue weighted by molar-refractivity contribution is 0.590. The molecule has 0 spiro atoms. The summed E-state index contributed by atoms with van der Waals surface area (Å²) in [6.07, 6.45) is 2.03. The van der Waals surface area contributed by atoms with Gasteiger partial charge in [0.1, 0.15) is 0 Å². The average molecular weight is 195 g/mol. The maximum Gasteiger partial charge on any atom is 0.0628 e. The second kappa shape index (κ2) is 5.15. The van der Waals surface area contributed by atoms with E-state index in [1.54, 1.807) is 0 Å². The first-order valence-corrected chi connectivity index (χ1v) is 5.45. The Morgan fingerprint density at radius 3 is 2.64 bits per heavy atom. The van der Waals surface area contributed by atoms with Crippen LogP contribution < -0.4 is 5.73 Å². The monoisotopic (exact) mass is 195 g/mol. The van der Waals surface area contributed by atoms with Crippen molar-refractivity contribution >= 4 is 0 Å². The number of hydrogen-bond donors (Lipinski definition) is 1. The van der Waals surface area contributed by atoms with E-state index in [4.69, 9.17) is 5.73 Å². The van der Waals surface area contributed by atoms with Gasteiger partial charge < -0.3 is 5.73 Å². The minimum Gasteiger partial charge on any atom is -0.330 e. The average Bonchev–Trinajstić information content (AvgIpc) is 2.57. The molecule has 0 amide bonds. The Balaban J connectivity index is 2.78. The molecule has 1 heterocycles. The Morgan fingerprint density at radius 1 is 1.50 bits per heavy atom. The Hall–Kier alpha value is -0.830. The molecule has 0 radical (unpaired) electrons. The number of aromatic nitrogens is 2. The van der Waals surface area contributed by atoms with Gasteiger partial charge in [-0.3, -0.25) is 4.68 Å². The van der Waals surface area contributed by atoms with Gasteiger partial charge in [0.05, 0.1) is 5.69 Å². The third-order valence-electron chi connectivity index (χ3n) is 2.39. The molecule has 0 saturated heterocycles. The Morgan fingerprint density at radius 2 is 2.21 bits per heavy atom. The molecule has 2 N–H and O–H groups in total. The first-order valence-electron chi connectivity index (χ1n) is 5.45. The van der Waals surface area contributed by atoms with Crippen molar-refractivity contribution in [3.63, 3.8) is 0 Å². The summed E-state index contributed by atoms with van der Waals surface area (Å²) in [5.74, 6) is 0.550. The molecule has 0 aromatic carbocycles. The standard InChI is InChI=1S/C11H21N3/c1-4-14-11(9(2)3)8-10(13-14)6-5-7-12/h8-9H,4-7,12H2,1-3H3. The second-order valence-electron chi connectivity index (χ2n) is 3.92. The van der Waals surface area contributed by atoms with Gasteiger partial charge >= 0.3 is 0 Å². The van der Waals surface area contributed by atoms with Crippen molar-refractivity contribution < 1.29 is 0 Å². The highest BCUT2D eigenvalue weighted by Gasteiger charge is 2.09. The Labute approximate surface area is 86.3 Å². The molecule has 3 nitrogen and oxygen atoms in total.